The van der Waals surface area contributed by atoms with Crippen LogP contribution < -0.4 is 15.9 Å². The van der Waals surface area contributed by atoms with Crippen LogP contribution in [0.25, 0.3) is 11.4 Å². The van der Waals surface area contributed by atoms with E-state index in [1.807, 2.05) is 20.8 Å². The molecule has 1 aliphatic heterocycles. The Morgan fingerprint density at radius 1 is 1.24 bits per heavy atom. The van der Waals surface area contributed by atoms with Crippen LogP contribution >= 0.6 is 0 Å². The van der Waals surface area contributed by atoms with Gasteiger partial charge in [-0.1, -0.05) is 5.57 Å². The second-order valence-corrected chi connectivity index (χ2v) is 6.38. The van der Waals surface area contributed by atoms with Gasteiger partial charge in [-0.05, 0) is 45.2 Å². The number of amides is 1. The van der Waals surface area contributed by atoms with Crippen LogP contribution in [0, 0.1) is 0 Å². The monoisotopic (exact) mass is 289 g/mol. The molecule has 0 atom stereocenters. The molecule has 2 aliphatic rings. The Labute approximate surface area is 122 Å². The fraction of sp³-hybridized carbons (Fsp3) is 0.571. The minimum atomic E-state index is -1.00. The standard InChI is InChI=1S/C14H19N5O2/c1-14(2,3)19(13(20)21)12-11-10-8(6-7-15-12)4-5-9(10)16-18-17-11/h15H,4-7H2,1-3H3,(H,20,21). The molecule has 0 spiro atoms. The largest absolute Gasteiger partial charge is 0.465 e. The summed E-state index contributed by atoms with van der Waals surface area (Å²) in [6.45, 7) is 6.28. The molecule has 1 aromatic heterocycles. The van der Waals surface area contributed by atoms with Crippen LogP contribution in [0.2, 0.25) is 0 Å². The molecule has 0 saturated heterocycles. The molecule has 112 valence electrons. The fourth-order valence-corrected chi connectivity index (χ4v) is 3.03. The smallest absolute Gasteiger partial charge is 0.413 e. The zero-order valence-electron chi connectivity index (χ0n) is 12.5. The number of nitrogens with zero attached hydrogens (tertiary/aromatic N) is 4. The molecule has 3 rings (SSSR count). The average molecular weight is 289 g/mol. The average Bonchev–Trinajstić information content (AvgIpc) is 2.70. The summed E-state index contributed by atoms with van der Waals surface area (Å²) in [6, 6.07) is 0. The number of carboxylic acid groups (broad SMARTS) is 1. The van der Waals surface area contributed by atoms with Gasteiger partial charge in [-0.15, -0.1) is 10.2 Å². The van der Waals surface area contributed by atoms with Gasteiger partial charge in [-0.25, -0.2) is 4.79 Å². The van der Waals surface area contributed by atoms with Crippen molar-refractivity contribution >= 4 is 17.5 Å². The number of carbonyl (C=O) groups is 1. The zero-order valence-corrected chi connectivity index (χ0v) is 12.5. The Morgan fingerprint density at radius 2 is 2.00 bits per heavy atom. The summed E-state index contributed by atoms with van der Waals surface area (Å²) in [5.41, 5.74) is 1.65. The van der Waals surface area contributed by atoms with Gasteiger partial charge in [0.05, 0.1) is 5.69 Å². The third kappa shape index (κ3) is 2.22. The number of hydrogen-bond donors (Lipinski definition) is 2. The molecule has 21 heavy (non-hydrogen) atoms. The molecule has 1 aromatic rings. The lowest BCUT2D eigenvalue weighted by molar-refractivity contribution is 0.131. The van der Waals surface area contributed by atoms with Crippen molar-refractivity contribution in [2.45, 2.75) is 45.6 Å². The molecule has 2 heterocycles. The quantitative estimate of drug-likeness (QED) is 0.744. The maximum absolute atomic E-state index is 11.7. The molecule has 0 bridgehead atoms. The van der Waals surface area contributed by atoms with E-state index >= 15 is 0 Å². The second kappa shape index (κ2) is 4.68. The fourth-order valence-electron chi connectivity index (χ4n) is 3.03. The van der Waals surface area contributed by atoms with E-state index in [1.54, 1.807) is 0 Å². The SMILES string of the molecule is CC(C)(C)N(C(=O)O)C1=c2nnnc3c2=C(CCN1)CC3. The highest BCUT2D eigenvalue weighted by Gasteiger charge is 2.32. The molecule has 0 unspecified atom stereocenters. The van der Waals surface area contributed by atoms with Crippen molar-refractivity contribution in [3.63, 3.8) is 0 Å². The number of aryl methyl sites for hydroxylation is 1. The van der Waals surface area contributed by atoms with E-state index in [0.29, 0.717) is 17.7 Å². The Kier molecular flexibility index (Phi) is 3.07. The summed E-state index contributed by atoms with van der Waals surface area (Å²) >= 11 is 0. The van der Waals surface area contributed by atoms with Gasteiger partial charge in [0.15, 0.2) is 0 Å². The normalized spacial score (nSPS) is 17.1. The lowest BCUT2D eigenvalue weighted by Crippen LogP contribution is -2.52. The number of rotatable bonds is 1. The first-order valence-electron chi connectivity index (χ1n) is 7.11. The Hall–Kier alpha value is -2.18. The molecular weight excluding hydrogens is 270 g/mol. The Morgan fingerprint density at radius 3 is 2.67 bits per heavy atom. The first-order chi connectivity index (χ1) is 9.89. The predicted molar refractivity (Wildman–Crippen MR) is 76.5 cm³/mol. The zero-order chi connectivity index (χ0) is 15.2. The Balaban J connectivity index is 2.35. The van der Waals surface area contributed by atoms with Crippen molar-refractivity contribution in [1.29, 1.82) is 0 Å². The predicted octanol–water partition coefficient (Wildman–Crippen LogP) is -0.194. The van der Waals surface area contributed by atoms with Crippen LogP contribution in [-0.4, -0.2) is 43.6 Å². The maximum atomic E-state index is 11.7. The van der Waals surface area contributed by atoms with Crippen molar-refractivity contribution in [2.24, 2.45) is 0 Å². The molecule has 0 radical (unpaired) electrons. The van der Waals surface area contributed by atoms with Crippen molar-refractivity contribution in [3.8, 4) is 0 Å². The van der Waals surface area contributed by atoms with Crippen LogP contribution in [0.15, 0.2) is 0 Å². The maximum Gasteiger partial charge on any atom is 0.413 e. The van der Waals surface area contributed by atoms with E-state index in [4.69, 9.17) is 0 Å². The van der Waals surface area contributed by atoms with Crippen molar-refractivity contribution in [2.75, 3.05) is 6.54 Å². The molecule has 7 heteroatoms. The van der Waals surface area contributed by atoms with E-state index in [9.17, 15) is 9.90 Å². The van der Waals surface area contributed by atoms with Gasteiger partial charge in [0, 0.05) is 17.3 Å². The van der Waals surface area contributed by atoms with Gasteiger partial charge in [0.25, 0.3) is 0 Å². The summed E-state index contributed by atoms with van der Waals surface area (Å²) in [5, 5.41) is 26.5. The van der Waals surface area contributed by atoms with Gasteiger partial charge < -0.3 is 10.4 Å². The third-order valence-corrected chi connectivity index (χ3v) is 3.88. The van der Waals surface area contributed by atoms with Crippen LogP contribution in [0.3, 0.4) is 0 Å². The van der Waals surface area contributed by atoms with Crippen molar-refractivity contribution in [3.05, 3.63) is 16.3 Å². The summed E-state index contributed by atoms with van der Waals surface area (Å²) in [7, 11) is 0. The molecule has 1 aliphatic carbocycles. The van der Waals surface area contributed by atoms with Crippen LogP contribution in [0.4, 0.5) is 4.79 Å². The summed E-state index contributed by atoms with van der Waals surface area (Å²) in [6.07, 6.45) is 1.71. The molecule has 2 N–H and O–H groups in total. The molecule has 0 saturated carbocycles. The van der Waals surface area contributed by atoms with Crippen molar-refractivity contribution in [1.82, 2.24) is 25.6 Å². The van der Waals surface area contributed by atoms with E-state index in [0.717, 1.165) is 30.2 Å². The Bertz CT molecular complexity index is 720. The number of aromatic nitrogens is 3. The molecule has 0 fully saturated rings. The summed E-state index contributed by atoms with van der Waals surface area (Å²) < 4.78 is 0. The van der Waals surface area contributed by atoms with Gasteiger partial charge in [0.2, 0.25) is 0 Å². The highest BCUT2D eigenvalue weighted by molar-refractivity contribution is 5.75. The first kappa shape index (κ1) is 13.8. The van der Waals surface area contributed by atoms with E-state index in [-0.39, 0.29) is 0 Å². The minimum absolute atomic E-state index is 0.512. The lowest BCUT2D eigenvalue weighted by Gasteiger charge is -2.34. The third-order valence-electron chi connectivity index (χ3n) is 3.88. The number of hydrogen-bond acceptors (Lipinski definition) is 5. The minimum Gasteiger partial charge on any atom is -0.465 e. The highest BCUT2D eigenvalue weighted by atomic mass is 16.4. The lowest BCUT2D eigenvalue weighted by atomic mass is 10.1. The van der Waals surface area contributed by atoms with Crippen LogP contribution in [-0.2, 0) is 6.42 Å². The summed E-state index contributed by atoms with van der Waals surface area (Å²) in [4.78, 5) is 13.1. The van der Waals surface area contributed by atoms with Gasteiger partial charge in [-0.2, -0.15) is 0 Å². The topological polar surface area (TPSA) is 91.2 Å². The number of nitrogens with one attached hydrogen (secondary N) is 1. The van der Waals surface area contributed by atoms with Gasteiger partial charge in [0.1, 0.15) is 11.2 Å². The molecule has 7 nitrogen and oxygen atoms in total. The van der Waals surface area contributed by atoms with E-state index in [1.165, 1.54) is 10.5 Å². The highest BCUT2D eigenvalue weighted by Crippen LogP contribution is 2.21. The van der Waals surface area contributed by atoms with E-state index in [2.05, 4.69) is 20.7 Å². The van der Waals surface area contributed by atoms with Gasteiger partial charge >= 0.3 is 6.09 Å². The molecular formula is C14H19N5O2. The first-order valence-corrected chi connectivity index (χ1v) is 7.11. The van der Waals surface area contributed by atoms with Crippen LogP contribution in [0.5, 0.6) is 0 Å². The molecule has 1 amide bonds. The van der Waals surface area contributed by atoms with Crippen LogP contribution in [0.1, 0.15) is 39.3 Å². The van der Waals surface area contributed by atoms with Gasteiger partial charge in [-0.3, -0.25) is 4.90 Å². The molecule has 0 aromatic carbocycles. The summed E-state index contributed by atoms with van der Waals surface area (Å²) in [5.74, 6) is 0.512. The van der Waals surface area contributed by atoms with Crippen molar-refractivity contribution < 1.29 is 9.90 Å². The second-order valence-electron chi connectivity index (χ2n) is 6.38. The van der Waals surface area contributed by atoms with E-state index < -0.39 is 11.6 Å².